The van der Waals surface area contributed by atoms with E-state index in [1.54, 1.807) is 12.1 Å². The highest BCUT2D eigenvalue weighted by atomic mass is 35.5. The lowest BCUT2D eigenvalue weighted by Crippen LogP contribution is -2.42. The number of halogens is 1. The quantitative estimate of drug-likeness (QED) is 0.749. The molecule has 0 saturated carbocycles. The van der Waals surface area contributed by atoms with Crippen molar-refractivity contribution in [3.05, 3.63) is 28.8 Å². The van der Waals surface area contributed by atoms with Crippen LogP contribution < -0.4 is 16.4 Å². The number of carbonyl (C=O) groups is 1. The lowest BCUT2D eigenvalue weighted by molar-refractivity contribution is 0.249. The molecule has 1 rings (SSSR count). The average molecular weight is 300 g/mol. The molecule has 0 saturated heterocycles. The van der Waals surface area contributed by atoms with Crippen LogP contribution in [0.1, 0.15) is 19.4 Å². The van der Waals surface area contributed by atoms with Gasteiger partial charge in [-0.05, 0) is 24.6 Å². The molecule has 0 aromatic heterocycles. The summed E-state index contributed by atoms with van der Waals surface area (Å²) in [4.78, 5) is 12.1. The average Bonchev–Trinajstić information content (AvgIpc) is 2.31. The number of nitrogens with one attached hydrogen (secondary N) is 2. The molecule has 0 heterocycles. The Hall–Kier alpha value is -1.33. The second-order valence-corrected chi connectivity index (χ2v) is 5.87. The summed E-state index contributed by atoms with van der Waals surface area (Å²) in [6, 6.07) is 5.02. The monoisotopic (exact) mass is 299 g/mol. The third kappa shape index (κ3) is 4.69. The molecular formula is C13H18ClN3OS. The van der Waals surface area contributed by atoms with Crippen LogP contribution in [0.3, 0.4) is 0 Å². The van der Waals surface area contributed by atoms with Crippen molar-refractivity contribution >= 4 is 40.5 Å². The van der Waals surface area contributed by atoms with Gasteiger partial charge in [0.05, 0.1) is 4.99 Å². The second-order valence-electron chi connectivity index (χ2n) is 5.02. The molecule has 19 heavy (non-hydrogen) atoms. The van der Waals surface area contributed by atoms with Gasteiger partial charge in [0.1, 0.15) is 0 Å². The maximum absolute atomic E-state index is 11.7. The summed E-state index contributed by atoms with van der Waals surface area (Å²) < 4.78 is 0. The van der Waals surface area contributed by atoms with Gasteiger partial charge in [0, 0.05) is 22.7 Å². The van der Waals surface area contributed by atoms with Gasteiger partial charge in [-0.1, -0.05) is 43.7 Å². The van der Waals surface area contributed by atoms with E-state index in [2.05, 4.69) is 10.6 Å². The summed E-state index contributed by atoms with van der Waals surface area (Å²) in [5.74, 6) is 0. The highest BCUT2D eigenvalue weighted by Crippen LogP contribution is 2.20. The zero-order valence-corrected chi connectivity index (χ0v) is 12.8. The molecule has 1 aromatic rings. The van der Waals surface area contributed by atoms with E-state index in [4.69, 9.17) is 29.6 Å². The highest BCUT2D eigenvalue weighted by molar-refractivity contribution is 7.80. The number of aryl methyl sites for hydroxylation is 1. The molecule has 2 amide bonds. The summed E-state index contributed by atoms with van der Waals surface area (Å²) in [5, 5.41) is 6.04. The van der Waals surface area contributed by atoms with Crippen molar-refractivity contribution in [3.63, 3.8) is 0 Å². The molecular weight excluding hydrogens is 282 g/mol. The smallest absolute Gasteiger partial charge is 0.319 e. The fourth-order valence-corrected chi connectivity index (χ4v) is 1.49. The van der Waals surface area contributed by atoms with Crippen LogP contribution in [0, 0.1) is 12.3 Å². The minimum atomic E-state index is -0.419. The molecule has 0 aliphatic carbocycles. The van der Waals surface area contributed by atoms with Crippen LogP contribution in [0.2, 0.25) is 5.02 Å². The molecule has 0 spiro atoms. The molecule has 6 heteroatoms. The zero-order valence-electron chi connectivity index (χ0n) is 11.2. The molecule has 0 unspecified atom stereocenters. The first-order valence-corrected chi connectivity index (χ1v) is 6.62. The molecule has 0 aliphatic heterocycles. The van der Waals surface area contributed by atoms with E-state index in [-0.39, 0.29) is 6.03 Å². The van der Waals surface area contributed by atoms with Crippen molar-refractivity contribution in [2.24, 2.45) is 11.1 Å². The topological polar surface area (TPSA) is 67.2 Å². The van der Waals surface area contributed by atoms with Gasteiger partial charge >= 0.3 is 6.03 Å². The minimum absolute atomic E-state index is 0.316. The number of rotatable bonds is 4. The standard InChI is InChI=1S/C13H18ClN3OS/c1-8-4-5-9(6-10(8)14)17-12(18)16-7-13(2,3)11(15)19/h4-6H,7H2,1-3H3,(H2,15,19)(H2,16,17,18). The lowest BCUT2D eigenvalue weighted by Gasteiger charge is -2.23. The predicted molar refractivity (Wildman–Crippen MR) is 83.8 cm³/mol. The van der Waals surface area contributed by atoms with E-state index >= 15 is 0 Å². The predicted octanol–water partition coefficient (Wildman–Crippen LogP) is 3.08. The van der Waals surface area contributed by atoms with Gasteiger partial charge in [-0.2, -0.15) is 0 Å². The molecule has 0 aliphatic rings. The van der Waals surface area contributed by atoms with Crippen LogP contribution in [-0.4, -0.2) is 17.6 Å². The van der Waals surface area contributed by atoms with Crippen LogP contribution in [0.5, 0.6) is 0 Å². The molecule has 1 aromatic carbocycles. The number of hydrogen-bond acceptors (Lipinski definition) is 2. The Morgan fingerprint density at radius 2 is 2.11 bits per heavy atom. The van der Waals surface area contributed by atoms with Crippen molar-refractivity contribution < 1.29 is 4.79 Å². The summed E-state index contributed by atoms with van der Waals surface area (Å²) in [7, 11) is 0. The Morgan fingerprint density at radius 1 is 1.47 bits per heavy atom. The molecule has 0 fully saturated rings. The third-order valence-corrected chi connectivity index (χ3v) is 3.75. The molecule has 0 radical (unpaired) electrons. The number of urea groups is 1. The Kier molecular flexibility index (Phi) is 5.14. The van der Waals surface area contributed by atoms with E-state index in [1.807, 2.05) is 26.8 Å². The van der Waals surface area contributed by atoms with Crippen molar-refractivity contribution in [2.45, 2.75) is 20.8 Å². The first-order valence-electron chi connectivity index (χ1n) is 5.83. The Morgan fingerprint density at radius 3 is 2.63 bits per heavy atom. The zero-order chi connectivity index (χ0) is 14.6. The van der Waals surface area contributed by atoms with E-state index in [1.165, 1.54) is 0 Å². The van der Waals surface area contributed by atoms with Crippen molar-refractivity contribution in [3.8, 4) is 0 Å². The number of nitrogens with two attached hydrogens (primary N) is 1. The van der Waals surface area contributed by atoms with Crippen molar-refractivity contribution in [2.75, 3.05) is 11.9 Å². The molecule has 104 valence electrons. The number of thiocarbonyl (C=S) groups is 1. The van der Waals surface area contributed by atoms with E-state index in [0.29, 0.717) is 22.2 Å². The van der Waals surface area contributed by atoms with Gasteiger partial charge < -0.3 is 16.4 Å². The Bertz CT molecular complexity index is 503. The summed E-state index contributed by atoms with van der Waals surface area (Å²) in [6.07, 6.45) is 0. The minimum Gasteiger partial charge on any atom is -0.393 e. The molecule has 4 N–H and O–H groups in total. The number of benzene rings is 1. The van der Waals surface area contributed by atoms with Crippen LogP contribution in [0.15, 0.2) is 18.2 Å². The van der Waals surface area contributed by atoms with E-state index in [0.717, 1.165) is 5.56 Å². The van der Waals surface area contributed by atoms with Gasteiger partial charge in [-0.3, -0.25) is 0 Å². The molecule has 0 bridgehead atoms. The Labute approximate surface area is 123 Å². The van der Waals surface area contributed by atoms with Gasteiger partial charge in [0.2, 0.25) is 0 Å². The van der Waals surface area contributed by atoms with Gasteiger partial charge in [-0.25, -0.2) is 4.79 Å². The summed E-state index contributed by atoms with van der Waals surface area (Å²) in [6.45, 7) is 6.02. The van der Waals surface area contributed by atoms with Gasteiger partial charge in [0.15, 0.2) is 0 Å². The first-order chi connectivity index (χ1) is 8.72. The van der Waals surface area contributed by atoms with Crippen molar-refractivity contribution in [1.29, 1.82) is 0 Å². The van der Waals surface area contributed by atoms with E-state index in [9.17, 15) is 4.79 Å². The SMILES string of the molecule is Cc1ccc(NC(=O)NCC(C)(C)C(N)=S)cc1Cl. The number of amides is 2. The largest absolute Gasteiger partial charge is 0.393 e. The van der Waals surface area contributed by atoms with Crippen molar-refractivity contribution in [1.82, 2.24) is 5.32 Å². The maximum Gasteiger partial charge on any atom is 0.319 e. The molecule has 0 atom stereocenters. The highest BCUT2D eigenvalue weighted by Gasteiger charge is 2.22. The van der Waals surface area contributed by atoms with Gasteiger partial charge in [-0.15, -0.1) is 0 Å². The summed E-state index contributed by atoms with van der Waals surface area (Å²) >= 11 is 10.9. The number of hydrogen-bond donors (Lipinski definition) is 3. The fraction of sp³-hybridized carbons (Fsp3) is 0.385. The summed E-state index contributed by atoms with van der Waals surface area (Å²) in [5.41, 5.74) is 6.77. The lowest BCUT2D eigenvalue weighted by atomic mass is 9.94. The Balaban J connectivity index is 2.56. The van der Waals surface area contributed by atoms with Gasteiger partial charge in [0.25, 0.3) is 0 Å². The number of carbonyl (C=O) groups excluding carboxylic acids is 1. The van der Waals surface area contributed by atoms with E-state index < -0.39 is 5.41 Å². The first kappa shape index (κ1) is 15.7. The normalized spacial score (nSPS) is 10.9. The second kappa shape index (κ2) is 6.21. The number of anilines is 1. The molecule has 4 nitrogen and oxygen atoms in total. The fourth-order valence-electron chi connectivity index (χ4n) is 1.23. The van der Waals surface area contributed by atoms with Crippen LogP contribution in [0.25, 0.3) is 0 Å². The maximum atomic E-state index is 11.7. The van der Waals surface area contributed by atoms with Crippen LogP contribution >= 0.6 is 23.8 Å². The van der Waals surface area contributed by atoms with Crippen LogP contribution in [0.4, 0.5) is 10.5 Å². The third-order valence-electron chi connectivity index (χ3n) is 2.79. The van der Waals surface area contributed by atoms with Crippen LogP contribution in [-0.2, 0) is 0 Å².